The fourth-order valence-corrected chi connectivity index (χ4v) is 4.93. The highest BCUT2D eigenvalue weighted by Gasteiger charge is 2.46. The van der Waals surface area contributed by atoms with Crippen molar-refractivity contribution in [3.8, 4) is 5.75 Å². The van der Waals surface area contributed by atoms with E-state index in [0.717, 1.165) is 12.8 Å². The number of rotatable bonds is 5. The molecule has 2 unspecified atom stereocenters. The van der Waals surface area contributed by atoms with Crippen LogP contribution in [0.2, 0.25) is 0 Å². The van der Waals surface area contributed by atoms with Crippen LogP contribution < -0.4 is 0 Å². The molecule has 1 fully saturated rings. The number of carbonyl (C=O) groups excluding carboxylic acids is 2. The van der Waals surface area contributed by atoms with Crippen LogP contribution in [-0.4, -0.2) is 46.1 Å². The summed E-state index contributed by atoms with van der Waals surface area (Å²) in [6.07, 6.45) is 2.91. The number of furan rings is 1. The summed E-state index contributed by atoms with van der Waals surface area (Å²) in [5, 5.41) is 22.2. The molecule has 0 bridgehead atoms. The summed E-state index contributed by atoms with van der Waals surface area (Å²) >= 11 is 0. The first-order chi connectivity index (χ1) is 16.3. The highest BCUT2D eigenvalue weighted by Crippen LogP contribution is 2.46. The molecule has 1 saturated heterocycles. The van der Waals surface area contributed by atoms with Gasteiger partial charge in [-0.3, -0.25) is 9.59 Å². The molecule has 0 spiro atoms. The minimum Gasteiger partial charge on any atom is -0.507 e. The Kier molecular flexibility index (Phi) is 6.34. The maximum atomic E-state index is 13.5. The quantitative estimate of drug-likeness (QED) is 0.560. The highest BCUT2D eigenvalue weighted by molar-refractivity contribution is 6.15. The zero-order valence-electron chi connectivity index (χ0n) is 21.3. The summed E-state index contributed by atoms with van der Waals surface area (Å²) in [4.78, 5) is 28.3. The number of aromatic hydroxyl groups is 1. The predicted octanol–water partition coefficient (Wildman–Crippen LogP) is 5.34. The third-order valence-corrected chi connectivity index (χ3v) is 6.78. The summed E-state index contributed by atoms with van der Waals surface area (Å²) in [6.45, 7) is 12.9. The van der Waals surface area contributed by atoms with Crippen LogP contribution in [0.1, 0.15) is 87.7 Å². The lowest BCUT2D eigenvalue weighted by atomic mass is 9.77. The Morgan fingerprint density at radius 3 is 2.20 bits per heavy atom. The fraction of sp³-hybridized carbons (Fsp3) is 0.500. The minimum atomic E-state index is -0.841. The second-order valence-electron chi connectivity index (χ2n) is 11.5. The molecule has 7 heteroatoms. The SMILES string of the molecule is CC(C)(C)c1cc(C2C(C(=O)c3ccco3)=C(O)C(=O)N2CC2CCCO2)cc(C(C)(C)C)c1O. The Bertz CT molecular complexity index is 1120. The number of amides is 1. The number of benzene rings is 1. The van der Waals surface area contributed by atoms with E-state index in [-0.39, 0.29) is 29.7 Å². The molecule has 2 aliphatic rings. The summed E-state index contributed by atoms with van der Waals surface area (Å²) in [5.41, 5.74) is 1.25. The van der Waals surface area contributed by atoms with Gasteiger partial charge in [0.05, 0.1) is 24.0 Å². The lowest BCUT2D eigenvalue weighted by Crippen LogP contribution is -2.37. The largest absolute Gasteiger partial charge is 0.507 e. The van der Waals surface area contributed by atoms with Gasteiger partial charge in [-0.15, -0.1) is 0 Å². The number of ketones is 1. The number of carbonyl (C=O) groups is 2. The average Bonchev–Trinajstić information content (AvgIpc) is 3.51. The Hall–Kier alpha value is -3.06. The number of phenols is 1. The zero-order chi connectivity index (χ0) is 25.7. The van der Waals surface area contributed by atoms with Crippen LogP contribution >= 0.6 is 0 Å². The van der Waals surface area contributed by atoms with Gasteiger partial charge in [0.2, 0.25) is 5.78 Å². The Morgan fingerprint density at radius 1 is 1.09 bits per heavy atom. The third kappa shape index (κ3) is 4.61. The van der Waals surface area contributed by atoms with Crippen molar-refractivity contribution in [2.24, 2.45) is 0 Å². The molecule has 2 aromatic rings. The standard InChI is InChI=1S/C28H35NO6/c1-27(2,3)18-13-16(14-19(23(18)30)28(4,5)6)22-21(24(31)20-10-8-12-35-20)25(32)26(33)29(22)15-17-9-7-11-34-17/h8,10,12-14,17,22,30,32H,7,9,11,15H2,1-6H3. The third-order valence-electron chi connectivity index (χ3n) is 6.78. The summed E-state index contributed by atoms with van der Waals surface area (Å²) in [7, 11) is 0. The Morgan fingerprint density at radius 2 is 1.71 bits per heavy atom. The first-order valence-electron chi connectivity index (χ1n) is 12.1. The summed E-state index contributed by atoms with van der Waals surface area (Å²) in [6, 6.07) is 5.96. The topological polar surface area (TPSA) is 100 Å². The van der Waals surface area contributed by atoms with Gasteiger partial charge in [0.25, 0.3) is 5.91 Å². The number of ether oxygens (including phenoxy) is 1. The van der Waals surface area contributed by atoms with E-state index in [9.17, 15) is 19.8 Å². The lowest BCUT2D eigenvalue weighted by Gasteiger charge is -2.33. The molecule has 4 rings (SSSR count). The second-order valence-corrected chi connectivity index (χ2v) is 11.5. The molecule has 0 saturated carbocycles. The van der Waals surface area contributed by atoms with Crippen molar-refractivity contribution in [1.29, 1.82) is 0 Å². The second kappa shape index (κ2) is 8.86. The van der Waals surface area contributed by atoms with Gasteiger partial charge in [0.15, 0.2) is 11.5 Å². The number of aliphatic hydroxyl groups excluding tert-OH is 1. The lowest BCUT2D eigenvalue weighted by molar-refractivity contribution is -0.131. The van der Waals surface area contributed by atoms with E-state index in [1.807, 2.05) is 53.7 Å². The van der Waals surface area contributed by atoms with Gasteiger partial charge in [0, 0.05) is 13.2 Å². The van der Waals surface area contributed by atoms with Gasteiger partial charge in [-0.05, 0) is 64.6 Å². The van der Waals surface area contributed by atoms with Crippen LogP contribution in [0.5, 0.6) is 5.75 Å². The molecule has 2 atom stereocenters. The van der Waals surface area contributed by atoms with Crippen molar-refractivity contribution >= 4 is 11.7 Å². The van der Waals surface area contributed by atoms with Crippen molar-refractivity contribution in [2.75, 3.05) is 13.2 Å². The molecule has 188 valence electrons. The monoisotopic (exact) mass is 481 g/mol. The smallest absolute Gasteiger partial charge is 0.290 e. The molecule has 1 aromatic carbocycles. The van der Waals surface area contributed by atoms with E-state index >= 15 is 0 Å². The number of Topliss-reactive ketones (excluding diaryl/α,β-unsaturated/α-hetero) is 1. The Labute approximate surface area is 206 Å². The van der Waals surface area contributed by atoms with Crippen LogP contribution in [0.15, 0.2) is 46.3 Å². The highest BCUT2D eigenvalue weighted by atomic mass is 16.5. The van der Waals surface area contributed by atoms with Crippen molar-refractivity contribution in [1.82, 2.24) is 4.90 Å². The van der Waals surface area contributed by atoms with E-state index < -0.39 is 34.3 Å². The van der Waals surface area contributed by atoms with E-state index in [2.05, 4.69) is 0 Å². The first kappa shape index (κ1) is 25.0. The van der Waals surface area contributed by atoms with Gasteiger partial charge in [-0.1, -0.05) is 41.5 Å². The molecule has 2 aliphatic heterocycles. The number of phenolic OH excluding ortho intramolecular Hbond substituents is 1. The zero-order valence-corrected chi connectivity index (χ0v) is 21.3. The fourth-order valence-electron chi connectivity index (χ4n) is 4.93. The Balaban J connectivity index is 1.92. The van der Waals surface area contributed by atoms with Gasteiger partial charge in [-0.2, -0.15) is 0 Å². The van der Waals surface area contributed by atoms with Crippen LogP contribution in [0, 0.1) is 0 Å². The van der Waals surface area contributed by atoms with Gasteiger partial charge >= 0.3 is 0 Å². The molecule has 3 heterocycles. The summed E-state index contributed by atoms with van der Waals surface area (Å²) in [5.74, 6) is -1.46. The van der Waals surface area contributed by atoms with E-state index in [0.29, 0.717) is 23.3 Å². The average molecular weight is 482 g/mol. The van der Waals surface area contributed by atoms with E-state index in [4.69, 9.17) is 9.15 Å². The number of nitrogens with zero attached hydrogens (tertiary/aromatic N) is 1. The number of hydrogen-bond acceptors (Lipinski definition) is 6. The first-order valence-corrected chi connectivity index (χ1v) is 12.1. The van der Waals surface area contributed by atoms with Crippen molar-refractivity contribution in [2.45, 2.75) is 77.4 Å². The van der Waals surface area contributed by atoms with Gasteiger partial charge in [-0.25, -0.2) is 0 Å². The minimum absolute atomic E-state index is 0.0200. The molecule has 1 amide bonds. The molecule has 2 N–H and O–H groups in total. The maximum absolute atomic E-state index is 13.5. The van der Waals surface area contributed by atoms with Crippen LogP contribution in [0.25, 0.3) is 0 Å². The maximum Gasteiger partial charge on any atom is 0.290 e. The molecule has 0 aliphatic carbocycles. The van der Waals surface area contributed by atoms with Crippen molar-refractivity contribution in [3.63, 3.8) is 0 Å². The van der Waals surface area contributed by atoms with E-state index in [1.54, 1.807) is 6.07 Å². The van der Waals surface area contributed by atoms with Crippen molar-refractivity contribution < 1.29 is 29.0 Å². The molecular formula is C28H35NO6. The van der Waals surface area contributed by atoms with Crippen LogP contribution in [0.3, 0.4) is 0 Å². The summed E-state index contributed by atoms with van der Waals surface area (Å²) < 4.78 is 11.1. The molecule has 35 heavy (non-hydrogen) atoms. The van der Waals surface area contributed by atoms with Crippen LogP contribution in [0.4, 0.5) is 0 Å². The van der Waals surface area contributed by atoms with Gasteiger partial charge < -0.3 is 24.3 Å². The predicted molar refractivity (Wildman–Crippen MR) is 132 cm³/mol. The molecule has 1 aromatic heterocycles. The normalized spacial score (nSPS) is 21.3. The molecule has 0 radical (unpaired) electrons. The molecule has 7 nitrogen and oxygen atoms in total. The van der Waals surface area contributed by atoms with Crippen molar-refractivity contribution in [3.05, 3.63) is 64.3 Å². The van der Waals surface area contributed by atoms with Crippen LogP contribution in [-0.2, 0) is 20.4 Å². The van der Waals surface area contributed by atoms with E-state index in [1.165, 1.54) is 17.2 Å². The molecular weight excluding hydrogens is 446 g/mol. The van der Waals surface area contributed by atoms with Gasteiger partial charge in [0.1, 0.15) is 5.75 Å². The number of hydrogen-bond donors (Lipinski definition) is 2. The number of aliphatic hydroxyl groups is 1.